The summed E-state index contributed by atoms with van der Waals surface area (Å²) in [6.45, 7) is 3.41. The van der Waals surface area contributed by atoms with Crippen LogP contribution in [0.15, 0.2) is 54.6 Å². The van der Waals surface area contributed by atoms with Crippen molar-refractivity contribution in [1.29, 1.82) is 0 Å². The van der Waals surface area contributed by atoms with Crippen molar-refractivity contribution in [3.05, 3.63) is 70.7 Å². The van der Waals surface area contributed by atoms with Gasteiger partial charge >= 0.3 is 0 Å². The van der Waals surface area contributed by atoms with Crippen LogP contribution in [0.2, 0.25) is 5.02 Å². The summed E-state index contributed by atoms with van der Waals surface area (Å²) in [6, 6.07) is 17.1. The summed E-state index contributed by atoms with van der Waals surface area (Å²) >= 11 is 5.90. The smallest absolute Gasteiger partial charge is 0.218 e. The number of halogens is 1. The van der Waals surface area contributed by atoms with E-state index in [4.69, 9.17) is 11.6 Å². The fourth-order valence-electron chi connectivity index (χ4n) is 2.89. The summed E-state index contributed by atoms with van der Waals surface area (Å²) in [5.74, 6) is 0.0744. The van der Waals surface area contributed by atoms with Gasteiger partial charge in [0.2, 0.25) is 10.0 Å². The van der Waals surface area contributed by atoms with Crippen molar-refractivity contribution >= 4 is 21.6 Å². The standard InChI is InChI=1S/C18H21ClN2O2S/c19-18-8-6-16(7-9-18)14-20-10-12-21(13-11-20)24(22,23)15-17-4-2-1-3-5-17/h1-9H,10-15H2. The highest BCUT2D eigenvalue weighted by Gasteiger charge is 2.26. The van der Waals surface area contributed by atoms with Gasteiger partial charge in [0.1, 0.15) is 0 Å². The summed E-state index contributed by atoms with van der Waals surface area (Å²) in [5, 5.41) is 0.732. The number of sulfonamides is 1. The molecule has 2 aromatic rings. The molecular weight excluding hydrogens is 344 g/mol. The lowest BCUT2D eigenvalue weighted by molar-refractivity contribution is 0.181. The third-order valence-corrected chi connectivity index (χ3v) is 6.34. The lowest BCUT2D eigenvalue weighted by atomic mass is 10.2. The van der Waals surface area contributed by atoms with Gasteiger partial charge in [-0.2, -0.15) is 4.31 Å². The zero-order valence-corrected chi connectivity index (χ0v) is 15.0. The predicted molar refractivity (Wildman–Crippen MR) is 97.4 cm³/mol. The van der Waals surface area contributed by atoms with E-state index in [0.717, 1.165) is 30.2 Å². The largest absolute Gasteiger partial charge is 0.296 e. The first-order valence-electron chi connectivity index (χ1n) is 8.01. The molecule has 1 heterocycles. The molecule has 128 valence electrons. The zero-order valence-electron chi connectivity index (χ0n) is 13.4. The minimum absolute atomic E-state index is 0.0744. The molecular formula is C18H21ClN2O2S. The molecule has 0 bridgehead atoms. The molecule has 1 saturated heterocycles. The molecule has 0 saturated carbocycles. The molecule has 0 amide bonds. The monoisotopic (exact) mass is 364 g/mol. The highest BCUT2D eigenvalue weighted by Crippen LogP contribution is 2.16. The highest BCUT2D eigenvalue weighted by molar-refractivity contribution is 7.88. The fraction of sp³-hybridized carbons (Fsp3) is 0.333. The van der Waals surface area contributed by atoms with Gasteiger partial charge in [0.25, 0.3) is 0 Å². The third kappa shape index (κ3) is 4.57. The number of rotatable bonds is 5. The van der Waals surface area contributed by atoms with Gasteiger partial charge in [-0.3, -0.25) is 4.90 Å². The van der Waals surface area contributed by atoms with Gasteiger partial charge in [-0.25, -0.2) is 8.42 Å². The maximum absolute atomic E-state index is 12.6. The quantitative estimate of drug-likeness (QED) is 0.818. The Hall–Kier alpha value is -1.40. The molecule has 0 spiro atoms. The van der Waals surface area contributed by atoms with Crippen LogP contribution in [-0.4, -0.2) is 43.8 Å². The molecule has 0 unspecified atom stereocenters. The Labute approximate surface area is 148 Å². The lowest BCUT2D eigenvalue weighted by Crippen LogP contribution is -2.48. The minimum Gasteiger partial charge on any atom is -0.296 e. The van der Waals surface area contributed by atoms with Crippen molar-refractivity contribution in [3.8, 4) is 0 Å². The number of nitrogens with zero attached hydrogens (tertiary/aromatic N) is 2. The first-order valence-corrected chi connectivity index (χ1v) is 10.0. The summed E-state index contributed by atoms with van der Waals surface area (Å²) in [7, 11) is -3.25. The molecule has 0 radical (unpaired) electrons. The van der Waals surface area contributed by atoms with Crippen molar-refractivity contribution in [3.63, 3.8) is 0 Å². The molecule has 1 aliphatic heterocycles. The molecule has 1 aliphatic rings. The van der Waals surface area contributed by atoms with Crippen molar-refractivity contribution < 1.29 is 8.42 Å². The van der Waals surface area contributed by atoms with Gasteiger partial charge in [0.05, 0.1) is 5.75 Å². The van der Waals surface area contributed by atoms with Gasteiger partial charge in [-0.15, -0.1) is 0 Å². The van der Waals surface area contributed by atoms with E-state index in [1.807, 2.05) is 54.6 Å². The number of benzene rings is 2. The Morgan fingerprint density at radius 2 is 1.46 bits per heavy atom. The van der Waals surface area contributed by atoms with E-state index in [1.165, 1.54) is 5.56 Å². The summed E-state index contributed by atoms with van der Waals surface area (Å²) in [5.41, 5.74) is 2.03. The second kappa shape index (κ2) is 7.66. The molecule has 2 aromatic carbocycles. The second-order valence-electron chi connectivity index (χ2n) is 6.04. The van der Waals surface area contributed by atoms with E-state index >= 15 is 0 Å². The van der Waals surface area contributed by atoms with E-state index in [-0.39, 0.29) is 5.75 Å². The Balaban J connectivity index is 1.55. The average molecular weight is 365 g/mol. The second-order valence-corrected chi connectivity index (χ2v) is 8.45. The maximum Gasteiger partial charge on any atom is 0.218 e. The zero-order chi connectivity index (χ0) is 17.0. The lowest BCUT2D eigenvalue weighted by Gasteiger charge is -2.34. The predicted octanol–water partition coefficient (Wildman–Crippen LogP) is 2.99. The van der Waals surface area contributed by atoms with E-state index in [9.17, 15) is 8.42 Å². The van der Waals surface area contributed by atoms with Crippen LogP contribution < -0.4 is 0 Å². The molecule has 0 atom stereocenters. The van der Waals surface area contributed by atoms with Crippen LogP contribution in [0, 0.1) is 0 Å². The van der Waals surface area contributed by atoms with Crippen LogP contribution in [-0.2, 0) is 22.3 Å². The van der Waals surface area contributed by atoms with E-state index in [0.29, 0.717) is 13.1 Å². The topological polar surface area (TPSA) is 40.6 Å². The Kier molecular flexibility index (Phi) is 5.56. The summed E-state index contributed by atoms with van der Waals surface area (Å²) in [4.78, 5) is 2.28. The fourth-order valence-corrected chi connectivity index (χ4v) is 4.53. The number of hydrogen-bond acceptors (Lipinski definition) is 3. The third-order valence-electron chi connectivity index (χ3n) is 4.24. The molecule has 0 aliphatic carbocycles. The Morgan fingerprint density at radius 3 is 2.08 bits per heavy atom. The molecule has 1 fully saturated rings. The van der Waals surface area contributed by atoms with E-state index in [2.05, 4.69) is 4.90 Å². The highest BCUT2D eigenvalue weighted by atomic mass is 35.5. The molecule has 4 nitrogen and oxygen atoms in total. The minimum atomic E-state index is -3.25. The van der Waals surface area contributed by atoms with Crippen molar-refractivity contribution in [2.45, 2.75) is 12.3 Å². The number of piperazine rings is 1. The molecule has 24 heavy (non-hydrogen) atoms. The van der Waals surface area contributed by atoms with Crippen molar-refractivity contribution in [1.82, 2.24) is 9.21 Å². The van der Waals surface area contributed by atoms with Gasteiger partial charge < -0.3 is 0 Å². The van der Waals surface area contributed by atoms with Crippen LogP contribution in [0.25, 0.3) is 0 Å². The van der Waals surface area contributed by atoms with Gasteiger partial charge in [-0.1, -0.05) is 54.1 Å². The van der Waals surface area contributed by atoms with Crippen LogP contribution in [0.1, 0.15) is 11.1 Å². The maximum atomic E-state index is 12.6. The number of hydrogen-bond donors (Lipinski definition) is 0. The average Bonchev–Trinajstić information content (AvgIpc) is 2.58. The Bertz CT molecular complexity index is 755. The summed E-state index contributed by atoms with van der Waals surface area (Å²) < 4.78 is 26.7. The van der Waals surface area contributed by atoms with Crippen molar-refractivity contribution in [2.75, 3.05) is 26.2 Å². The van der Waals surface area contributed by atoms with Gasteiger partial charge in [-0.05, 0) is 23.3 Å². The molecule has 3 rings (SSSR count). The van der Waals surface area contributed by atoms with E-state index < -0.39 is 10.0 Å². The first kappa shape index (κ1) is 17.4. The van der Waals surface area contributed by atoms with Gasteiger partial charge in [0.15, 0.2) is 0 Å². The van der Waals surface area contributed by atoms with Crippen LogP contribution in [0.3, 0.4) is 0 Å². The molecule has 6 heteroatoms. The normalized spacial score (nSPS) is 17.0. The van der Waals surface area contributed by atoms with Crippen molar-refractivity contribution in [2.24, 2.45) is 0 Å². The molecule has 0 aromatic heterocycles. The Morgan fingerprint density at radius 1 is 0.833 bits per heavy atom. The van der Waals surface area contributed by atoms with Crippen LogP contribution >= 0.6 is 11.6 Å². The first-order chi connectivity index (χ1) is 11.5. The van der Waals surface area contributed by atoms with Crippen LogP contribution in [0.5, 0.6) is 0 Å². The van der Waals surface area contributed by atoms with Gasteiger partial charge in [0, 0.05) is 37.7 Å². The SMILES string of the molecule is O=S(=O)(Cc1ccccc1)N1CCN(Cc2ccc(Cl)cc2)CC1. The van der Waals surface area contributed by atoms with E-state index in [1.54, 1.807) is 4.31 Å². The summed E-state index contributed by atoms with van der Waals surface area (Å²) in [6.07, 6.45) is 0. The van der Waals surface area contributed by atoms with Crippen LogP contribution in [0.4, 0.5) is 0 Å². The molecule has 0 N–H and O–H groups in total.